The van der Waals surface area contributed by atoms with Crippen molar-refractivity contribution >= 4 is 11.5 Å². The molecule has 0 fully saturated rings. The van der Waals surface area contributed by atoms with Crippen LogP contribution in [-0.4, -0.2) is 13.1 Å². The molecule has 2 rings (SSSR count). The quantitative estimate of drug-likeness (QED) is 0.468. The Labute approximate surface area is 117 Å². The Hall–Kier alpha value is -2.86. The average Bonchev–Trinajstić information content (AvgIpc) is 2.74. The molecule has 1 aliphatic rings. The van der Waals surface area contributed by atoms with Crippen molar-refractivity contribution in [1.82, 2.24) is 0 Å². The zero-order valence-electron chi connectivity index (χ0n) is 11.0. The number of rotatable bonds is 2. The monoisotopic (exact) mass is 263 g/mol. The van der Waals surface area contributed by atoms with Crippen LogP contribution >= 0.6 is 0 Å². The Morgan fingerprint density at radius 2 is 1.90 bits per heavy atom. The van der Waals surface area contributed by atoms with E-state index in [0.29, 0.717) is 5.57 Å². The summed E-state index contributed by atoms with van der Waals surface area (Å²) in [6.45, 7) is 0. The fraction of sp³-hybridized carbons (Fsp3) is 0.0588. The molecule has 1 aromatic carbocycles. The molecule has 0 unspecified atom stereocenters. The molecule has 0 radical (unpaired) electrons. The van der Waals surface area contributed by atoms with Gasteiger partial charge in [0.1, 0.15) is 11.6 Å². The second kappa shape index (κ2) is 6.35. The Bertz CT molecular complexity index is 671. The molecule has 3 nitrogen and oxygen atoms in total. The summed E-state index contributed by atoms with van der Waals surface area (Å²) in [5.74, 6) is -0.629. The van der Waals surface area contributed by atoms with Crippen LogP contribution < -0.4 is 0 Å². The second-order valence-corrected chi connectivity index (χ2v) is 4.08. The number of allylic oxidation sites excluding steroid dienone is 7. The van der Waals surface area contributed by atoms with Gasteiger partial charge in [-0.25, -0.2) is 4.79 Å². The topological polar surface area (TPSA) is 50.1 Å². The molecular weight excluding hydrogens is 250 g/mol. The van der Waals surface area contributed by atoms with E-state index in [9.17, 15) is 10.1 Å². The van der Waals surface area contributed by atoms with E-state index in [1.165, 1.54) is 7.11 Å². The number of benzene rings is 1. The minimum Gasteiger partial charge on any atom is -0.465 e. The molecule has 0 atom stereocenters. The molecule has 3 heteroatoms. The summed E-state index contributed by atoms with van der Waals surface area (Å²) in [4.78, 5) is 11.7. The maximum Gasteiger partial charge on any atom is 0.349 e. The fourth-order valence-electron chi connectivity index (χ4n) is 1.95. The molecule has 0 aliphatic heterocycles. The van der Waals surface area contributed by atoms with Gasteiger partial charge in [0.2, 0.25) is 0 Å². The Kier molecular flexibility index (Phi) is 4.31. The molecule has 0 heterocycles. The first kappa shape index (κ1) is 13.6. The summed E-state index contributed by atoms with van der Waals surface area (Å²) in [5, 5.41) is 9.25. The minimum absolute atomic E-state index is 0.00236. The van der Waals surface area contributed by atoms with Gasteiger partial charge in [-0.3, -0.25) is 0 Å². The van der Waals surface area contributed by atoms with Gasteiger partial charge < -0.3 is 4.74 Å². The van der Waals surface area contributed by atoms with Crippen molar-refractivity contribution in [3.05, 3.63) is 77.4 Å². The first-order chi connectivity index (χ1) is 9.77. The molecule has 0 bridgehead atoms. The molecule has 0 saturated carbocycles. The summed E-state index contributed by atoms with van der Waals surface area (Å²) >= 11 is 0. The van der Waals surface area contributed by atoms with E-state index in [4.69, 9.17) is 0 Å². The van der Waals surface area contributed by atoms with Crippen molar-refractivity contribution in [3.63, 3.8) is 0 Å². The van der Waals surface area contributed by atoms with Crippen LogP contribution in [0.5, 0.6) is 0 Å². The molecule has 1 aromatic rings. The van der Waals surface area contributed by atoms with Crippen molar-refractivity contribution in [3.8, 4) is 6.07 Å². The highest BCUT2D eigenvalue weighted by Gasteiger charge is 2.18. The van der Waals surface area contributed by atoms with Crippen molar-refractivity contribution in [1.29, 1.82) is 5.26 Å². The lowest BCUT2D eigenvalue weighted by Gasteiger charge is -2.10. The molecule has 1 aliphatic carbocycles. The van der Waals surface area contributed by atoms with Crippen LogP contribution in [0, 0.1) is 11.3 Å². The van der Waals surface area contributed by atoms with Gasteiger partial charge in [0, 0.05) is 5.57 Å². The standard InChI is InChI=1S/C17H13NO2/c1-20-17(19)16(12-18)15-11-7-3-6-10-14(15)13-8-4-2-5-9-13/h2-11H,1H3/b16-15-. The van der Waals surface area contributed by atoms with Crippen molar-refractivity contribution < 1.29 is 9.53 Å². The lowest BCUT2D eigenvalue weighted by atomic mass is 9.94. The normalized spacial score (nSPS) is 15.9. The number of hydrogen-bond donors (Lipinski definition) is 0. The summed E-state index contributed by atoms with van der Waals surface area (Å²) in [6, 6.07) is 11.6. The molecule has 20 heavy (non-hydrogen) atoms. The lowest BCUT2D eigenvalue weighted by molar-refractivity contribution is -0.135. The molecular formula is C17H13NO2. The van der Waals surface area contributed by atoms with Crippen molar-refractivity contribution in [2.45, 2.75) is 0 Å². The Morgan fingerprint density at radius 3 is 2.55 bits per heavy atom. The minimum atomic E-state index is -0.629. The summed E-state index contributed by atoms with van der Waals surface area (Å²) in [5.41, 5.74) is 2.33. The highest BCUT2D eigenvalue weighted by molar-refractivity contribution is 6.00. The van der Waals surface area contributed by atoms with Crippen LogP contribution in [0.15, 0.2) is 71.9 Å². The molecule has 0 spiro atoms. The average molecular weight is 263 g/mol. The molecule has 98 valence electrons. The van der Waals surface area contributed by atoms with Gasteiger partial charge in [0.05, 0.1) is 7.11 Å². The van der Waals surface area contributed by atoms with Gasteiger partial charge in [0.25, 0.3) is 0 Å². The van der Waals surface area contributed by atoms with Crippen LogP contribution in [0.25, 0.3) is 5.57 Å². The molecule has 0 N–H and O–H groups in total. The smallest absolute Gasteiger partial charge is 0.349 e. The number of hydrogen-bond acceptors (Lipinski definition) is 3. The van der Waals surface area contributed by atoms with Gasteiger partial charge in [-0.2, -0.15) is 5.26 Å². The zero-order chi connectivity index (χ0) is 14.4. The summed E-state index contributed by atoms with van der Waals surface area (Å²) in [6.07, 6.45) is 9.14. The van der Waals surface area contributed by atoms with E-state index in [1.807, 2.05) is 54.6 Å². The van der Waals surface area contributed by atoms with Crippen LogP contribution in [0.4, 0.5) is 0 Å². The van der Waals surface area contributed by atoms with Crippen LogP contribution in [0.3, 0.4) is 0 Å². The maximum absolute atomic E-state index is 11.7. The van der Waals surface area contributed by atoms with Crippen LogP contribution in [0.1, 0.15) is 5.56 Å². The van der Waals surface area contributed by atoms with Crippen molar-refractivity contribution in [2.24, 2.45) is 0 Å². The third kappa shape index (κ3) is 2.76. The number of methoxy groups -OCH3 is 1. The van der Waals surface area contributed by atoms with E-state index >= 15 is 0 Å². The van der Waals surface area contributed by atoms with Gasteiger partial charge in [0.15, 0.2) is 0 Å². The third-order valence-corrected chi connectivity index (χ3v) is 2.89. The Balaban J connectivity index is 2.63. The zero-order valence-corrected chi connectivity index (χ0v) is 11.0. The van der Waals surface area contributed by atoms with Gasteiger partial charge in [-0.05, 0) is 11.1 Å². The van der Waals surface area contributed by atoms with Crippen LogP contribution in [-0.2, 0) is 9.53 Å². The molecule has 0 aromatic heterocycles. The third-order valence-electron chi connectivity index (χ3n) is 2.89. The maximum atomic E-state index is 11.7. The largest absolute Gasteiger partial charge is 0.465 e. The predicted octanol–water partition coefficient (Wildman–Crippen LogP) is 3.19. The SMILES string of the molecule is COC(=O)/C(C#N)=C1/C=CC=CC=C1c1ccccc1. The number of carbonyl (C=O) groups excluding carboxylic acids is 1. The first-order valence-corrected chi connectivity index (χ1v) is 6.11. The summed E-state index contributed by atoms with van der Waals surface area (Å²) < 4.78 is 4.68. The first-order valence-electron chi connectivity index (χ1n) is 6.11. The fourth-order valence-corrected chi connectivity index (χ4v) is 1.95. The van der Waals surface area contributed by atoms with E-state index in [1.54, 1.807) is 12.2 Å². The lowest BCUT2D eigenvalue weighted by Crippen LogP contribution is -2.06. The van der Waals surface area contributed by atoms with E-state index in [2.05, 4.69) is 4.74 Å². The van der Waals surface area contributed by atoms with Crippen molar-refractivity contribution in [2.75, 3.05) is 7.11 Å². The number of nitriles is 1. The molecule has 0 saturated heterocycles. The van der Waals surface area contributed by atoms with E-state index in [-0.39, 0.29) is 5.57 Å². The Morgan fingerprint density at radius 1 is 1.15 bits per heavy atom. The highest BCUT2D eigenvalue weighted by atomic mass is 16.5. The van der Waals surface area contributed by atoms with Crippen LogP contribution in [0.2, 0.25) is 0 Å². The molecule has 0 amide bonds. The number of nitrogens with zero attached hydrogens (tertiary/aromatic N) is 1. The number of carbonyl (C=O) groups is 1. The number of esters is 1. The number of ether oxygens (including phenoxy) is 1. The second-order valence-electron chi connectivity index (χ2n) is 4.08. The highest BCUT2D eigenvalue weighted by Crippen LogP contribution is 2.28. The summed E-state index contributed by atoms with van der Waals surface area (Å²) in [7, 11) is 1.27. The predicted molar refractivity (Wildman–Crippen MR) is 77.4 cm³/mol. The van der Waals surface area contributed by atoms with Gasteiger partial charge in [-0.15, -0.1) is 0 Å². The van der Waals surface area contributed by atoms with Gasteiger partial charge >= 0.3 is 5.97 Å². The van der Waals surface area contributed by atoms with Gasteiger partial charge in [-0.1, -0.05) is 60.7 Å². The van der Waals surface area contributed by atoms with E-state index < -0.39 is 5.97 Å². The van der Waals surface area contributed by atoms with E-state index in [0.717, 1.165) is 11.1 Å².